The van der Waals surface area contributed by atoms with Gasteiger partial charge in [0, 0.05) is 17.8 Å². The molecule has 2 aromatic rings. The number of benzene rings is 1. The van der Waals surface area contributed by atoms with Crippen molar-refractivity contribution in [3.63, 3.8) is 0 Å². The second kappa shape index (κ2) is 7.53. The van der Waals surface area contributed by atoms with Gasteiger partial charge in [-0.25, -0.2) is 18.1 Å². The van der Waals surface area contributed by atoms with Crippen LogP contribution in [0.3, 0.4) is 0 Å². The minimum Gasteiger partial charge on any atom is -0.480 e. The van der Waals surface area contributed by atoms with E-state index in [0.29, 0.717) is 0 Å². The monoisotopic (exact) mass is 409 g/mol. The molecule has 142 valence electrons. The summed E-state index contributed by atoms with van der Waals surface area (Å²) in [4.78, 5) is 28.0. The number of carbonyl (C=O) groups is 2. The van der Waals surface area contributed by atoms with Crippen LogP contribution in [0, 0.1) is 0 Å². The fourth-order valence-corrected chi connectivity index (χ4v) is 3.80. The fraction of sp³-hybridized carbons (Fsp3) is 0.235. The van der Waals surface area contributed by atoms with Crippen molar-refractivity contribution in [2.24, 2.45) is 0 Å². The Labute approximate surface area is 160 Å². The summed E-state index contributed by atoms with van der Waals surface area (Å²) in [5.41, 5.74) is 0.0837. The summed E-state index contributed by atoms with van der Waals surface area (Å²) in [7, 11) is -3.02. The smallest absolute Gasteiger partial charge is 0.270 e. The highest BCUT2D eigenvalue weighted by Crippen LogP contribution is 2.25. The highest BCUT2D eigenvalue weighted by molar-refractivity contribution is 7.90. The largest absolute Gasteiger partial charge is 0.480 e. The molecule has 1 aromatic heterocycles. The number of hydrogen-bond donors (Lipinski definition) is 2. The van der Waals surface area contributed by atoms with Crippen molar-refractivity contribution in [3.05, 3.63) is 52.7 Å². The molecule has 1 heterocycles. The predicted octanol–water partition coefficient (Wildman–Crippen LogP) is 1.75. The Balaban J connectivity index is 1.87. The molecule has 1 fully saturated rings. The summed E-state index contributed by atoms with van der Waals surface area (Å²) < 4.78 is 32.2. The van der Waals surface area contributed by atoms with Crippen molar-refractivity contribution in [1.82, 2.24) is 15.0 Å². The average molecular weight is 410 g/mol. The van der Waals surface area contributed by atoms with E-state index in [2.05, 4.69) is 10.3 Å². The summed E-state index contributed by atoms with van der Waals surface area (Å²) in [6.45, 7) is 0. The zero-order valence-corrected chi connectivity index (χ0v) is 15.8. The number of carbonyl (C=O) groups excluding carboxylic acids is 2. The van der Waals surface area contributed by atoms with Crippen molar-refractivity contribution in [2.45, 2.75) is 23.8 Å². The minimum absolute atomic E-state index is 0.0196. The van der Waals surface area contributed by atoms with Crippen LogP contribution in [0.2, 0.25) is 5.02 Å². The maximum atomic E-state index is 12.6. The van der Waals surface area contributed by atoms with E-state index in [9.17, 15) is 18.0 Å². The fourth-order valence-electron chi connectivity index (χ4n) is 2.31. The number of pyridine rings is 1. The van der Waals surface area contributed by atoms with Crippen LogP contribution in [0.5, 0.6) is 5.88 Å². The lowest BCUT2D eigenvalue weighted by molar-refractivity contribution is 0.0948. The van der Waals surface area contributed by atoms with Gasteiger partial charge in [0.2, 0.25) is 5.88 Å². The van der Waals surface area contributed by atoms with E-state index in [4.69, 9.17) is 16.3 Å². The number of ether oxygens (including phenoxy) is 1. The first-order chi connectivity index (χ1) is 12.8. The number of rotatable bonds is 6. The van der Waals surface area contributed by atoms with Crippen LogP contribution in [-0.2, 0) is 10.0 Å². The number of amides is 2. The van der Waals surface area contributed by atoms with E-state index < -0.39 is 21.8 Å². The lowest BCUT2D eigenvalue weighted by Gasteiger charge is -2.11. The average Bonchev–Trinajstić information content (AvgIpc) is 3.45. The van der Waals surface area contributed by atoms with Gasteiger partial charge in [-0.3, -0.25) is 9.59 Å². The third-order valence-electron chi connectivity index (χ3n) is 3.83. The maximum Gasteiger partial charge on any atom is 0.270 e. The minimum atomic E-state index is -4.33. The van der Waals surface area contributed by atoms with Crippen molar-refractivity contribution >= 4 is 33.4 Å². The number of nitrogens with one attached hydrogen (secondary N) is 2. The molecular formula is C17H16ClN3O5S. The molecule has 10 heteroatoms. The van der Waals surface area contributed by atoms with E-state index in [-0.39, 0.29) is 33.0 Å². The number of nitrogens with zero attached hydrogens (tertiary/aromatic N) is 1. The summed E-state index contributed by atoms with van der Waals surface area (Å²) in [5, 5.41) is 2.65. The first-order valence-corrected chi connectivity index (χ1v) is 9.84. The summed E-state index contributed by atoms with van der Waals surface area (Å²) in [5.74, 6) is -1.34. The molecule has 0 saturated heterocycles. The molecule has 2 N–H and O–H groups in total. The number of hydrogen-bond acceptors (Lipinski definition) is 6. The molecule has 0 bridgehead atoms. The lowest BCUT2D eigenvalue weighted by atomic mass is 10.2. The highest BCUT2D eigenvalue weighted by Gasteiger charge is 2.27. The molecule has 1 aromatic carbocycles. The number of sulfonamides is 1. The Bertz CT molecular complexity index is 1010. The topological polar surface area (TPSA) is 114 Å². The molecule has 2 amide bonds. The zero-order valence-electron chi connectivity index (χ0n) is 14.2. The van der Waals surface area contributed by atoms with E-state index in [0.717, 1.165) is 18.9 Å². The van der Waals surface area contributed by atoms with Crippen LogP contribution in [-0.4, -0.2) is 38.4 Å². The zero-order chi connectivity index (χ0) is 19.6. The molecule has 0 unspecified atom stereocenters. The molecule has 0 aliphatic heterocycles. The molecule has 1 aliphatic carbocycles. The van der Waals surface area contributed by atoms with Crippen LogP contribution >= 0.6 is 11.6 Å². The van der Waals surface area contributed by atoms with E-state index in [1.54, 1.807) is 0 Å². The van der Waals surface area contributed by atoms with Crippen molar-refractivity contribution in [3.8, 4) is 5.88 Å². The van der Waals surface area contributed by atoms with Crippen LogP contribution in [0.25, 0.3) is 0 Å². The second-order valence-electron chi connectivity index (χ2n) is 5.89. The summed E-state index contributed by atoms with van der Waals surface area (Å²) in [6.07, 6.45) is 3.20. The van der Waals surface area contributed by atoms with Gasteiger partial charge in [0.1, 0.15) is 10.5 Å². The molecule has 8 nitrogen and oxygen atoms in total. The predicted molar refractivity (Wildman–Crippen MR) is 97.4 cm³/mol. The molecule has 1 aliphatic rings. The van der Waals surface area contributed by atoms with Crippen molar-refractivity contribution < 1.29 is 22.7 Å². The van der Waals surface area contributed by atoms with Gasteiger partial charge in [-0.15, -0.1) is 0 Å². The van der Waals surface area contributed by atoms with Gasteiger partial charge in [-0.2, -0.15) is 0 Å². The van der Waals surface area contributed by atoms with Gasteiger partial charge >= 0.3 is 0 Å². The Morgan fingerprint density at radius 1 is 1.22 bits per heavy atom. The van der Waals surface area contributed by atoms with Crippen LogP contribution in [0.15, 0.2) is 41.4 Å². The number of aromatic nitrogens is 1. The van der Waals surface area contributed by atoms with Crippen molar-refractivity contribution in [2.75, 3.05) is 7.11 Å². The third kappa shape index (κ3) is 4.37. The van der Waals surface area contributed by atoms with Gasteiger partial charge in [-0.1, -0.05) is 11.6 Å². The Morgan fingerprint density at radius 3 is 2.63 bits per heavy atom. The lowest BCUT2D eigenvalue weighted by Crippen LogP contribution is -2.31. The molecule has 1 saturated carbocycles. The Hall–Kier alpha value is -2.65. The Morgan fingerprint density at radius 2 is 1.96 bits per heavy atom. The summed E-state index contributed by atoms with van der Waals surface area (Å²) >= 11 is 5.99. The van der Waals surface area contributed by atoms with E-state index >= 15 is 0 Å². The van der Waals surface area contributed by atoms with Gasteiger partial charge in [-0.05, 0) is 43.2 Å². The first kappa shape index (κ1) is 19.1. The standard InChI is InChI=1S/C17H16ClN3O5S/c1-26-17-12(3-2-8-19-17)16(23)21-27(24,25)14-9-10(4-7-13(14)18)15(22)20-11-5-6-11/h2-4,7-9,11H,5-6H2,1H3,(H,20,22)(H,21,23). The number of methoxy groups -OCH3 is 1. The molecular weight excluding hydrogens is 394 g/mol. The molecule has 0 atom stereocenters. The molecule has 27 heavy (non-hydrogen) atoms. The van der Waals surface area contributed by atoms with Gasteiger partial charge in [0.05, 0.1) is 12.1 Å². The SMILES string of the molecule is COc1ncccc1C(=O)NS(=O)(=O)c1cc(C(=O)NC2CC2)ccc1Cl. The van der Waals surface area contributed by atoms with Crippen LogP contribution in [0.1, 0.15) is 33.6 Å². The highest BCUT2D eigenvalue weighted by atomic mass is 35.5. The third-order valence-corrected chi connectivity index (χ3v) is 5.64. The van der Waals surface area contributed by atoms with Gasteiger partial charge in [0.15, 0.2) is 0 Å². The van der Waals surface area contributed by atoms with E-state index in [1.165, 1.54) is 37.6 Å². The van der Waals surface area contributed by atoms with Crippen LogP contribution in [0.4, 0.5) is 0 Å². The molecule has 0 radical (unpaired) electrons. The Kier molecular flexibility index (Phi) is 5.33. The van der Waals surface area contributed by atoms with Gasteiger partial charge < -0.3 is 10.1 Å². The summed E-state index contributed by atoms with van der Waals surface area (Å²) in [6, 6.07) is 6.82. The molecule has 0 spiro atoms. The normalized spacial score (nSPS) is 13.7. The van der Waals surface area contributed by atoms with Crippen molar-refractivity contribution in [1.29, 1.82) is 0 Å². The van der Waals surface area contributed by atoms with E-state index in [1.807, 2.05) is 4.72 Å². The first-order valence-electron chi connectivity index (χ1n) is 7.98. The second-order valence-corrected chi connectivity index (χ2v) is 7.95. The molecule has 3 rings (SSSR count). The maximum absolute atomic E-state index is 12.6. The number of halogens is 1. The van der Waals surface area contributed by atoms with Gasteiger partial charge in [0.25, 0.3) is 21.8 Å². The quantitative estimate of drug-likeness (QED) is 0.751. The van der Waals surface area contributed by atoms with Crippen LogP contribution < -0.4 is 14.8 Å².